The molecule has 212 valence electrons. The van der Waals surface area contributed by atoms with Crippen LogP contribution >= 0.6 is 0 Å². The van der Waals surface area contributed by atoms with Crippen LogP contribution in [0.15, 0.2) is 42.7 Å². The lowest BCUT2D eigenvalue weighted by molar-refractivity contribution is -0.138. The van der Waals surface area contributed by atoms with Gasteiger partial charge in [-0.25, -0.2) is 4.39 Å². The van der Waals surface area contributed by atoms with Gasteiger partial charge in [-0.15, -0.1) is 10.2 Å². The summed E-state index contributed by atoms with van der Waals surface area (Å²) in [7, 11) is 1.87. The van der Waals surface area contributed by atoms with E-state index in [4.69, 9.17) is 4.74 Å². The number of ether oxygens (including phenoxy) is 1. The van der Waals surface area contributed by atoms with Crippen molar-refractivity contribution < 1.29 is 27.1 Å². The van der Waals surface area contributed by atoms with E-state index in [2.05, 4.69) is 10.2 Å². The van der Waals surface area contributed by atoms with Crippen LogP contribution in [-0.2, 0) is 36.3 Å². The largest absolute Gasteiger partial charge is 0.416 e. The lowest BCUT2D eigenvalue weighted by Crippen LogP contribution is -2.49. The zero-order chi connectivity index (χ0) is 28.2. The Morgan fingerprint density at radius 3 is 2.60 bits per heavy atom. The number of aryl methyl sites for hydroxylation is 1. The molecule has 1 amide bonds. The molecule has 1 aromatic heterocycles. The van der Waals surface area contributed by atoms with Gasteiger partial charge in [0, 0.05) is 49.3 Å². The van der Waals surface area contributed by atoms with Gasteiger partial charge < -0.3 is 14.2 Å². The van der Waals surface area contributed by atoms with E-state index in [-0.39, 0.29) is 29.6 Å². The Bertz CT molecular complexity index is 1430. The summed E-state index contributed by atoms with van der Waals surface area (Å²) >= 11 is 0. The molecule has 11 heteroatoms. The third-order valence-corrected chi connectivity index (χ3v) is 8.57. The van der Waals surface area contributed by atoms with Crippen molar-refractivity contribution in [2.24, 2.45) is 7.05 Å². The molecular formula is C29H31F4N5O2. The Kier molecular flexibility index (Phi) is 6.69. The Hall–Kier alpha value is -3.31. The van der Waals surface area contributed by atoms with Crippen LogP contribution in [-0.4, -0.2) is 58.0 Å². The fourth-order valence-corrected chi connectivity index (χ4v) is 6.31. The molecule has 0 N–H and O–H groups in total. The molecule has 2 saturated heterocycles. The predicted molar refractivity (Wildman–Crippen MR) is 140 cm³/mol. The molecule has 0 spiro atoms. The molecule has 40 heavy (non-hydrogen) atoms. The van der Waals surface area contributed by atoms with Crippen LogP contribution in [0.5, 0.6) is 0 Å². The first-order valence-electron chi connectivity index (χ1n) is 13.5. The summed E-state index contributed by atoms with van der Waals surface area (Å²) in [6, 6.07) is 9.75. The van der Waals surface area contributed by atoms with Crippen LogP contribution in [0.4, 0.5) is 23.2 Å². The molecule has 3 aromatic rings. The molecule has 2 atom stereocenters. The molecule has 2 aromatic carbocycles. The van der Waals surface area contributed by atoms with E-state index >= 15 is 0 Å². The number of amides is 1. The number of hydrogen-bond donors (Lipinski definition) is 0. The zero-order valence-corrected chi connectivity index (χ0v) is 22.4. The van der Waals surface area contributed by atoms with E-state index in [1.165, 1.54) is 4.90 Å². The molecule has 3 aliphatic rings. The van der Waals surface area contributed by atoms with Gasteiger partial charge in [0.05, 0.1) is 25.3 Å². The van der Waals surface area contributed by atoms with Gasteiger partial charge in [-0.1, -0.05) is 19.1 Å². The number of likely N-dealkylation sites (tertiary alicyclic amines) is 1. The third kappa shape index (κ3) is 4.58. The average molecular weight is 558 g/mol. The van der Waals surface area contributed by atoms with Crippen molar-refractivity contribution >= 4 is 11.6 Å². The molecular weight excluding hydrogens is 526 g/mol. The summed E-state index contributed by atoms with van der Waals surface area (Å²) in [5.74, 6) is 0.328. The number of rotatable bonds is 7. The van der Waals surface area contributed by atoms with Crippen molar-refractivity contribution in [1.82, 2.24) is 19.7 Å². The first-order valence-corrected chi connectivity index (χ1v) is 13.5. The Labute approximate surface area is 229 Å². The Morgan fingerprint density at radius 2 is 2.00 bits per heavy atom. The molecule has 0 saturated carbocycles. The SMILES string of the molecule is CCC(c1cc2c(c(C(F)(F)F)c1)CN(c1cccc(C3(Cc4nncn4C)COC3)c1)C2=O)N1CC[C@H](F)C1. The van der Waals surface area contributed by atoms with Crippen LogP contribution in [0.1, 0.15) is 64.2 Å². The summed E-state index contributed by atoms with van der Waals surface area (Å²) in [5, 5.41) is 8.16. The molecule has 1 unspecified atom stereocenters. The van der Waals surface area contributed by atoms with Crippen LogP contribution in [0.2, 0.25) is 0 Å². The minimum Gasteiger partial charge on any atom is -0.379 e. The summed E-state index contributed by atoms with van der Waals surface area (Å²) in [6.45, 7) is 3.29. The summed E-state index contributed by atoms with van der Waals surface area (Å²) in [6.07, 6.45) is -2.54. The summed E-state index contributed by atoms with van der Waals surface area (Å²) in [5.41, 5.74) is 0.741. The van der Waals surface area contributed by atoms with Gasteiger partial charge in [-0.05, 0) is 53.8 Å². The van der Waals surface area contributed by atoms with Gasteiger partial charge >= 0.3 is 6.18 Å². The van der Waals surface area contributed by atoms with Crippen molar-refractivity contribution in [3.63, 3.8) is 0 Å². The van der Waals surface area contributed by atoms with Gasteiger partial charge in [0.25, 0.3) is 5.91 Å². The van der Waals surface area contributed by atoms with Gasteiger partial charge in [0.2, 0.25) is 0 Å². The predicted octanol–water partition coefficient (Wildman–Crippen LogP) is 5.00. The average Bonchev–Trinajstić information content (AvgIpc) is 3.60. The van der Waals surface area contributed by atoms with Crippen LogP contribution < -0.4 is 4.90 Å². The van der Waals surface area contributed by atoms with Gasteiger partial charge in [-0.3, -0.25) is 9.69 Å². The third-order valence-electron chi connectivity index (χ3n) is 8.57. The Morgan fingerprint density at radius 1 is 1.20 bits per heavy atom. The number of halogens is 4. The normalized spacial score (nSPS) is 21.5. The number of aromatic nitrogens is 3. The van der Waals surface area contributed by atoms with Crippen molar-refractivity contribution in [3.8, 4) is 0 Å². The molecule has 6 rings (SSSR count). The quantitative estimate of drug-likeness (QED) is 0.383. The first kappa shape index (κ1) is 26.9. The van der Waals surface area contributed by atoms with Crippen molar-refractivity contribution in [3.05, 3.63) is 76.4 Å². The van der Waals surface area contributed by atoms with Crippen molar-refractivity contribution in [1.29, 1.82) is 0 Å². The van der Waals surface area contributed by atoms with Crippen molar-refractivity contribution in [2.45, 2.75) is 56.5 Å². The highest BCUT2D eigenvalue weighted by molar-refractivity contribution is 6.10. The maximum atomic E-state index is 14.3. The van der Waals surface area contributed by atoms with Crippen LogP contribution in [0, 0.1) is 0 Å². The maximum Gasteiger partial charge on any atom is 0.416 e. The summed E-state index contributed by atoms with van der Waals surface area (Å²) < 4.78 is 64.4. The second-order valence-corrected chi connectivity index (χ2v) is 11.1. The van der Waals surface area contributed by atoms with E-state index in [1.807, 2.05) is 41.6 Å². The number of hydrogen-bond acceptors (Lipinski definition) is 5. The minimum absolute atomic E-state index is 0.0212. The molecule has 0 bridgehead atoms. The lowest BCUT2D eigenvalue weighted by Gasteiger charge is -2.42. The van der Waals surface area contributed by atoms with E-state index < -0.39 is 29.9 Å². The first-order chi connectivity index (χ1) is 19.1. The van der Waals surface area contributed by atoms with Crippen LogP contribution in [0.3, 0.4) is 0 Å². The van der Waals surface area contributed by atoms with Gasteiger partial charge in [-0.2, -0.15) is 13.2 Å². The topological polar surface area (TPSA) is 63.5 Å². The number of nitrogens with zero attached hydrogens (tertiary/aromatic N) is 5. The number of carbonyl (C=O) groups is 1. The number of anilines is 1. The number of alkyl halides is 4. The molecule has 4 heterocycles. The highest BCUT2D eigenvalue weighted by Gasteiger charge is 2.44. The number of fused-ring (bicyclic) bond motifs is 1. The minimum atomic E-state index is -4.63. The smallest absolute Gasteiger partial charge is 0.379 e. The highest BCUT2D eigenvalue weighted by Crippen LogP contribution is 2.43. The molecule has 0 aliphatic carbocycles. The highest BCUT2D eigenvalue weighted by atomic mass is 19.4. The number of carbonyl (C=O) groups excluding carboxylic acids is 1. The summed E-state index contributed by atoms with van der Waals surface area (Å²) in [4.78, 5) is 17.0. The second kappa shape index (κ2) is 9.95. The fourth-order valence-electron chi connectivity index (χ4n) is 6.31. The fraction of sp³-hybridized carbons (Fsp3) is 0.483. The van der Waals surface area contributed by atoms with Crippen molar-refractivity contribution in [2.75, 3.05) is 31.2 Å². The molecule has 3 aliphatic heterocycles. The van der Waals surface area contributed by atoms with E-state index in [0.29, 0.717) is 50.3 Å². The molecule has 7 nitrogen and oxygen atoms in total. The zero-order valence-electron chi connectivity index (χ0n) is 22.4. The van der Waals surface area contributed by atoms with E-state index in [0.717, 1.165) is 17.5 Å². The van der Waals surface area contributed by atoms with Crippen LogP contribution in [0.25, 0.3) is 0 Å². The molecule has 2 fully saturated rings. The lowest BCUT2D eigenvalue weighted by atomic mass is 9.75. The molecule has 0 radical (unpaired) electrons. The maximum absolute atomic E-state index is 14.3. The van der Waals surface area contributed by atoms with E-state index in [9.17, 15) is 22.4 Å². The Balaban J connectivity index is 1.35. The number of benzene rings is 2. The van der Waals surface area contributed by atoms with Gasteiger partial charge in [0.1, 0.15) is 18.3 Å². The standard InChI is InChI=1S/C29H31F4N5O2/c1-3-25(37-8-7-20(30)13-37)18-9-22-23(24(10-18)29(31,32)33)14-38(27(22)39)21-6-4-5-19(11-21)28(15-40-16-28)12-26-35-34-17-36(26)2/h4-6,9-11,17,20,25H,3,7-8,12-16H2,1-2H3/t20-,25?/m0/s1. The second-order valence-electron chi connectivity index (χ2n) is 11.1. The van der Waals surface area contributed by atoms with E-state index in [1.54, 1.807) is 18.5 Å². The van der Waals surface area contributed by atoms with Gasteiger partial charge in [0.15, 0.2) is 0 Å². The monoisotopic (exact) mass is 557 g/mol.